The van der Waals surface area contributed by atoms with E-state index in [-0.39, 0.29) is 12.6 Å². The standard InChI is InChI=1S/C18H20ClN5O2/c1-3-13-5-7-15(8-6-13)26-12-23-11-14(9-20-23)22-18(25)17-16(19)10-21-24(17)4-2/h5-11H,3-4,12H2,1-2H3,(H,22,25). The van der Waals surface area contributed by atoms with Crippen LogP contribution in [0.5, 0.6) is 5.75 Å². The molecule has 26 heavy (non-hydrogen) atoms. The van der Waals surface area contributed by atoms with Gasteiger partial charge in [0, 0.05) is 6.54 Å². The first-order valence-electron chi connectivity index (χ1n) is 8.37. The molecule has 1 N–H and O–H groups in total. The molecular formula is C18H20ClN5O2. The Morgan fingerprint density at radius 2 is 1.96 bits per heavy atom. The Hall–Kier alpha value is -2.80. The van der Waals surface area contributed by atoms with Gasteiger partial charge in [-0.3, -0.25) is 9.48 Å². The van der Waals surface area contributed by atoms with Crippen LogP contribution in [0, 0.1) is 0 Å². The first kappa shape index (κ1) is 18.0. The summed E-state index contributed by atoms with van der Waals surface area (Å²) in [5.74, 6) is 0.437. The Balaban J connectivity index is 1.60. The maximum atomic E-state index is 12.4. The number of hydrogen-bond donors (Lipinski definition) is 1. The summed E-state index contributed by atoms with van der Waals surface area (Å²) in [5, 5.41) is 11.3. The van der Waals surface area contributed by atoms with Gasteiger partial charge < -0.3 is 10.1 Å². The fraction of sp³-hybridized carbons (Fsp3) is 0.278. The van der Waals surface area contributed by atoms with Crippen LogP contribution in [0.1, 0.15) is 29.9 Å². The van der Waals surface area contributed by atoms with Crippen LogP contribution in [0.25, 0.3) is 0 Å². The van der Waals surface area contributed by atoms with E-state index in [2.05, 4.69) is 22.4 Å². The summed E-state index contributed by atoms with van der Waals surface area (Å²) < 4.78 is 8.84. The molecule has 0 aliphatic rings. The van der Waals surface area contributed by atoms with Crippen molar-refractivity contribution in [2.24, 2.45) is 0 Å². The summed E-state index contributed by atoms with van der Waals surface area (Å²) in [6.45, 7) is 4.80. The number of ether oxygens (including phenoxy) is 1. The first-order chi connectivity index (χ1) is 12.6. The predicted molar refractivity (Wildman–Crippen MR) is 99.5 cm³/mol. The van der Waals surface area contributed by atoms with E-state index in [0.29, 0.717) is 22.9 Å². The molecule has 0 fully saturated rings. The third-order valence-corrected chi connectivity index (χ3v) is 4.17. The number of benzene rings is 1. The van der Waals surface area contributed by atoms with Gasteiger partial charge in [-0.25, -0.2) is 4.68 Å². The lowest BCUT2D eigenvalue weighted by molar-refractivity contribution is 0.101. The van der Waals surface area contributed by atoms with Crippen LogP contribution >= 0.6 is 11.6 Å². The molecule has 2 aromatic heterocycles. The topological polar surface area (TPSA) is 74.0 Å². The zero-order valence-corrected chi connectivity index (χ0v) is 15.4. The lowest BCUT2D eigenvalue weighted by Gasteiger charge is -2.07. The number of hydrogen-bond acceptors (Lipinski definition) is 4. The van der Waals surface area contributed by atoms with E-state index in [1.54, 1.807) is 21.8 Å². The molecule has 0 atom stereocenters. The molecule has 1 amide bonds. The van der Waals surface area contributed by atoms with Crippen LogP contribution < -0.4 is 10.1 Å². The Kier molecular flexibility index (Phi) is 5.58. The number of anilines is 1. The van der Waals surface area contributed by atoms with Crippen LogP contribution in [0.2, 0.25) is 5.02 Å². The normalized spacial score (nSPS) is 10.7. The molecule has 0 spiro atoms. The van der Waals surface area contributed by atoms with Crippen molar-refractivity contribution in [2.75, 3.05) is 5.32 Å². The van der Waals surface area contributed by atoms with Gasteiger partial charge in [0.15, 0.2) is 6.73 Å². The maximum absolute atomic E-state index is 12.4. The van der Waals surface area contributed by atoms with Crippen molar-refractivity contribution in [3.63, 3.8) is 0 Å². The van der Waals surface area contributed by atoms with E-state index in [0.717, 1.165) is 12.2 Å². The number of nitrogens with zero attached hydrogens (tertiary/aromatic N) is 4. The number of aryl methyl sites for hydroxylation is 2. The van der Waals surface area contributed by atoms with E-state index < -0.39 is 0 Å². The second-order valence-corrected chi connectivity index (χ2v) is 6.06. The Labute approximate surface area is 156 Å². The van der Waals surface area contributed by atoms with E-state index in [1.165, 1.54) is 11.8 Å². The highest BCUT2D eigenvalue weighted by atomic mass is 35.5. The van der Waals surface area contributed by atoms with Gasteiger partial charge in [0.1, 0.15) is 11.4 Å². The van der Waals surface area contributed by atoms with Crippen molar-refractivity contribution in [1.82, 2.24) is 19.6 Å². The van der Waals surface area contributed by atoms with Crippen molar-refractivity contribution in [3.05, 3.63) is 59.1 Å². The number of rotatable bonds is 7. The molecule has 0 unspecified atom stereocenters. The smallest absolute Gasteiger partial charge is 0.275 e. The number of carbonyl (C=O) groups excluding carboxylic acids is 1. The molecule has 0 aliphatic heterocycles. The van der Waals surface area contributed by atoms with Gasteiger partial charge in [-0.1, -0.05) is 30.7 Å². The molecule has 0 saturated heterocycles. The van der Waals surface area contributed by atoms with Gasteiger partial charge in [0.25, 0.3) is 5.91 Å². The molecule has 136 valence electrons. The van der Waals surface area contributed by atoms with Gasteiger partial charge in [-0.05, 0) is 31.0 Å². The molecule has 1 aromatic carbocycles. The fourth-order valence-corrected chi connectivity index (χ4v) is 2.71. The average Bonchev–Trinajstić information content (AvgIpc) is 3.26. The lowest BCUT2D eigenvalue weighted by Crippen LogP contribution is -2.17. The fourth-order valence-electron chi connectivity index (χ4n) is 2.48. The van der Waals surface area contributed by atoms with Crippen LogP contribution in [0.3, 0.4) is 0 Å². The summed E-state index contributed by atoms with van der Waals surface area (Å²) >= 11 is 6.04. The summed E-state index contributed by atoms with van der Waals surface area (Å²) in [6.07, 6.45) is 5.70. The average molecular weight is 374 g/mol. The second kappa shape index (κ2) is 8.05. The SMILES string of the molecule is CCc1ccc(OCn2cc(NC(=O)c3c(Cl)cnn3CC)cn2)cc1. The van der Waals surface area contributed by atoms with Crippen LogP contribution in [0.4, 0.5) is 5.69 Å². The first-order valence-corrected chi connectivity index (χ1v) is 8.75. The molecule has 2 heterocycles. The molecule has 0 radical (unpaired) electrons. The number of carbonyl (C=O) groups is 1. The number of aromatic nitrogens is 4. The van der Waals surface area contributed by atoms with Gasteiger partial charge in [-0.2, -0.15) is 10.2 Å². The minimum absolute atomic E-state index is 0.245. The maximum Gasteiger partial charge on any atom is 0.275 e. The largest absolute Gasteiger partial charge is 0.471 e. The zero-order chi connectivity index (χ0) is 18.5. The summed E-state index contributed by atoms with van der Waals surface area (Å²) in [4.78, 5) is 12.4. The number of amides is 1. The van der Waals surface area contributed by atoms with Crippen LogP contribution in [0.15, 0.2) is 42.9 Å². The van der Waals surface area contributed by atoms with Crippen molar-refractivity contribution in [1.29, 1.82) is 0 Å². The van der Waals surface area contributed by atoms with Gasteiger partial charge in [0.05, 0.1) is 29.3 Å². The van der Waals surface area contributed by atoms with Crippen LogP contribution in [-0.4, -0.2) is 25.5 Å². The molecule has 7 nitrogen and oxygen atoms in total. The quantitative estimate of drug-likeness (QED) is 0.686. The third kappa shape index (κ3) is 4.05. The van der Waals surface area contributed by atoms with Crippen molar-refractivity contribution >= 4 is 23.2 Å². The monoisotopic (exact) mass is 373 g/mol. The summed E-state index contributed by atoms with van der Waals surface area (Å²) in [6, 6.07) is 7.92. The molecule has 0 saturated carbocycles. The summed E-state index contributed by atoms with van der Waals surface area (Å²) in [7, 11) is 0. The molecule has 3 aromatic rings. The highest BCUT2D eigenvalue weighted by Crippen LogP contribution is 2.18. The Morgan fingerprint density at radius 1 is 1.19 bits per heavy atom. The van der Waals surface area contributed by atoms with Gasteiger partial charge in [0.2, 0.25) is 0 Å². The lowest BCUT2D eigenvalue weighted by atomic mass is 10.2. The van der Waals surface area contributed by atoms with E-state index in [1.807, 2.05) is 31.2 Å². The third-order valence-electron chi connectivity index (χ3n) is 3.90. The second-order valence-electron chi connectivity index (χ2n) is 5.65. The predicted octanol–water partition coefficient (Wildman–Crippen LogP) is 3.60. The minimum Gasteiger partial charge on any atom is -0.471 e. The number of nitrogens with one attached hydrogen (secondary N) is 1. The van der Waals surface area contributed by atoms with E-state index >= 15 is 0 Å². The van der Waals surface area contributed by atoms with Crippen molar-refractivity contribution < 1.29 is 9.53 Å². The van der Waals surface area contributed by atoms with Crippen molar-refractivity contribution in [3.8, 4) is 5.75 Å². The zero-order valence-electron chi connectivity index (χ0n) is 14.6. The molecule has 8 heteroatoms. The highest BCUT2D eigenvalue weighted by Gasteiger charge is 2.17. The molecular weight excluding hydrogens is 354 g/mol. The van der Waals surface area contributed by atoms with E-state index in [9.17, 15) is 4.79 Å². The minimum atomic E-state index is -0.329. The van der Waals surface area contributed by atoms with Crippen molar-refractivity contribution in [2.45, 2.75) is 33.5 Å². The highest BCUT2D eigenvalue weighted by molar-refractivity contribution is 6.34. The van der Waals surface area contributed by atoms with Crippen LogP contribution in [-0.2, 0) is 19.7 Å². The Morgan fingerprint density at radius 3 is 2.65 bits per heavy atom. The van der Waals surface area contributed by atoms with Gasteiger partial charge >= 0.3 is 0 Å². The molecule has 0 bridgehead atoms. The Bertz CT molecular complexity index is 885. The summed E-state index contributed by atoms with van der Waals surface area (Å²) in [5.41, 5.74) is 2.14. The molecule has 3 rings (SSSR count). The van der Waals surface area contributed by atoms with E-state index in [4.69, 9.17) is 16.3 Å². The number of halogens is 1. The van der Waals surface area contributed by atoms with Gasteiger partial charge in [-0.15, -0.1) is 0 Å². The molecule has 0 aliphatic carbocycles.